The first-order valence-electron chi connectivity index (χ1n) is 7.65. The quantitative estimate of drug-likeness (QED) is 0.627. The summed E-state index contributed by atoms with van der Waals surface area (Å²) in [5.74, 6) is -0.150. The summed E-state index contributed by atoms with van der Waals surface area (Å²) in [7, 11) is 0. The third kappa shape index (κ3) is 4.16. The van der Waals surface area contributed by atoms with Gasteiger partial charge in [0.2, 0.25) is 5.91 Å². The molecule has 0 atom stereocenters. The number of nitrogens with one attached hydrogen (secondary N) is 1. The summed E-state index contributed by atoms with van der Waals surface area (Å²) in [4.78, 5) is 28.9. The molecule has 0 radical (unpaired) electrons. The highest BCUT2D eigenvalue weighted by Gasteiger charge is 2.08. The Morgan fingerprint density at radius 3 is 2.76 bits per heavy atom. The fourth-order valence-corrected chi connectivity index (χ4v) is 3.07. The summed E-state index contributed by atoms with van der Waals surface area (Å²) in [5.41, 5.74) is 2.26. The molecule has 0 saturated heterocycles. The maximum Gasteiger partial charge on any atom is 0.261 e. The molecule has 1 heterocycles. The van der Waals surface area contributed by atoms with Crippen molar-refractivity contribution < 1.29 is 4.79 Å². The van der Waals surface area contributed by atoms with E-state index in [0.29, 0.717) is 10.9 Å². The molecule has 128 valence electrons. The van der Waals surface area contributed by atoms with Crippen LogP contribution in [0.15, 0.2) is 56.5 Å². The van der Waals surface area contributed by atoms with Crippen molar-refractivity contribution in [2.45, 2.75) is 19.9 Å². The number of carbonyl (C=O) groups is 1. The molecule has 1 aromatic heterocycles. The predicted molar refractivity (Wildman–Crippen MR) is 106 cm³/mol. The van der Waals surface area contributed by atoms with E-state index in [2.05, 4.69) is 42.2 Å². The van der Waals surface area contributed by atoms with Crippen LogP contribution in [0.4, 0.5) is 5.69 Å². The molecule has 0 spiro atoms. The van der Waals surface area contributed by atoms with Gasteiger partial charge in [0.05, 0.1) is 17.2 Å². The van der Waals surface area contributed by atoms with E-state index >= 15 is 0 Å². The van der Waals surface area contributed by atoms with Gasteiger partial charge in [0.1, 0.15) is 0 Å². The summed E-state index contributed by atoms with van der Waals surface area (Å²) in [6.45, 7) is 2.23. The Morgan fingerprint density at radius 2 is 2.00 bits per heavy atom. The van der Waals surface area contributed by atoms with Gasteiger partial charge in [-0.15, -0.1) is 0 Å². The zero-order valence-electron chi connectivity index (χ0n) is 13.4. The number of hydrogen-bond donors (Lipinski definition) is 1. The zero-order valence-corrected chi connectivity index (χ0v) is 16.6. The molecule has 2 aromatic carbocycles. The van der Waals surface area contributed by atoms with Crippen molar-refractivity contribution >= 4 is 54.4 Å². The first-order chi connectivity index (χ1) is 11.9. The van der Waals surface area contributed by atoms with Gasteiger partial charge >= 0.3 is 0 Å². The van der Waals surface area contributed by atoms with Crippen LogP contribution in [0.25, 0.3) is 10.9 Å². The number of hydrogen-bond acceptors (Lipinski definition) is 3. The van der Waals surface area contributed by atoms with Gasteiger partial charge in [0.15, 0.2) is 0 Å². The monoisotopic (exact) mass is 463 g/mol. The average Bonchev–Trinajstić information content (AvgIpc) is 2.58. The van der Waals surface area contributed by atoms with Crippen LogP contribution in [0.1, 0.15) is 12.0 Å². The van der Waals surface area contributed by atoms with E-state index in [9.17, 15) is 9.59 Å². The lowest BCUT2D eigenvalue weighted by Crippen LogP contribution is -2.23. The second kappa shape index (κ2) is 7.49. The molecule has 0 aliphatic carbocycles. The van der Waals surface area contributed by atoms with Crippen LogP contribution in [0.3, 0.4) is 0 Å². The summed E-state index contributed by atoms with van der Waals surface area (Å²) >= 11 is 6.79. The van der Waals surface area contributed by atoms with Crippen LogP contribution in [-0.2, 0) is 11.3 Å². The summed E-state index contributed by atoms with van der Waals surface area (Å²) in [6.07, 6.45) is 1.67. The number of aryl methyl sites for hydroxylation is 2. The number of benzene rings is 2. The SMILES string of the molecule is Cc1cc(NC(=O)CCn2cnc3ccc(Br)cc3c2=O)ccc1Br. The smallest absolute Gasteiger partial charge is 0.261 e. The van der Waals surface area contributed by atoms with E-state index in [1.54, 1.807) is 12.1 Å². The van der Waals surface area contributed by atoms with Gasteiger partial charge < -0.3 is 5.32 Å². The van der Waals surface area contributed by atoms with Crippen molar-refractivity contribution in [3.63, 3.8) is 0 Å². The third-order valence-corrected chi connectivity index (χ3v) is 5.19. The molecule has 0 fully saturated rings. The average molecular weight is 465 g/mol. The van der Waals surface area contributed by atoms with Crippen LogP contribution in [0.5, 0.6) is 0 Å². The maximum atomic E-state index is 12.5. The molecule has 0 aliphatic rings. The Balaban J connectivity index is 1.71. The summed E-state index contributed by atoms with van der Waals surface area (Å²) in [6, 6.07) is 11.0. The van der Waals surface area contributed by atoms with Gasteiger partial charge in [0, 0.05) is 27.6 Å². The van der Waals surface area contributed by atoms with Crippen LogP contribution in [0.2, 0.25) is 0 Å². The number of carbonyl (C=O) groups excluding carboxylic acids is 1. The van der Waals surface area contributed by atoms with Crippen molar-refractivity contribution in [1.29, 1.82) is 0 Å². The highest BCUT2D eigenvalue weighted by molar-refractivity contribution is 9.10. The van der Waals surface area contributed by atoms with Crippen LogP contribution < -0.4 is 10.9 Å². The highest BCUT2D eigenvalue weighted by Crippen LogP contribution is 2.20. The molecule has 5 nitrogen and oxygen atoms in total. The molecule has 3 rings (SSSR count). The Labute approximate surface area is 161 Å². The van der Waals surface area contributed by atoms with E-state index < -0.39 is 0 Å². The van der Waals surface area contributed by atoms with E-state index in [1.807, 2.05) is 31.2 Å². The maximum absolute atomic E-state index is 12.5. The Bertz CT molecular complexity index is 1010. The number of nitrogens with zero attached hydrogens (tertiary/aromatic N) is 2. The number of fused-ring (bicyclic) bond motifs is 1. The van der Waals surface area contributed by atoms with E-state index in [-0.39, 0.29) is 24.4 Å². The molecular formula is C18H15Br2N3O2. The molecule has 25 heavy (non-hydrogen) atoms. The molecule has 0 unspecified atom stereocenters. The van der Waals surface area contributed by atoms with Crippen molar-refractivity contribution in [1.82, 2.24) is 9.55 Å². The van der Waals surface area contributed by atoms with Crippen LogP contribution in [0, 0.1) is 6.92 Å². The lowest BCUT2D eigenvalue weighted by Gasteiger charge is -2.09. The molecule has 0 aliphatic heterocycles. The minimum atomic E-state index is -0.154. The van der Waals surface area contributed by atoms with E-state index in [0.717, 1.165) is 20.2 Å². The largest absolute Gasteiger partial charge is 0.326 e. The highest BCUT2D eigenvalue weighted by atomic mass is 79.9. The minimum absolute atomic E-state index is 0.150. The fraction of sp³-hybridized carbons (Fsp3) is 0.167. The van der Waals surface area contributed by atoms with Gasteiger partial charge in [-0.1, -0.05) is 31.9 Å². The number of anilines is 1. The second-order valence-corrected chi connectivity index (χ2v) is 7.44. The first kappa shape index (κ1) is 17.8. The number of aromatic nitrogens is 2. The fourth-order valence-electron chi connectivity index (χ4n) is 2.46. The number of amides is 1. The van der Waals surface area contributed by atoms with Gasteiger partial charge in [-0.05, 0) is 48.9 Å². The molecule has 1 N–H and O–H groups in total. The van der Waals surface area contributed by atoms with Gasteiger partial charge in [-0.3, -0.25) is 14.2 Å². The standard InChI is InChI=1S/C18H15Br2N3O2/c1-11-8-13(3-4-15(11)20)22-17(24)6-7-23-10-21-16-5-2-12(19)9-14(16)18(23)25/h2-5,8-10H,6-7H2,1H3,(H,22,24). The number of halogens is 2. The van der Waals surface area contributed by atoms with Gasteiger partial charge in [-0.2, -0.15) is 0 Å². The Kier molecular flexibility index (Phi) is 5.34. The van der Waals surface area contributed by atoms with E-state index in [4.69, 9.17) is 0 Å². The molecule has 1 amide bonds. The lowest BCUT2D eigenvalue weighted by molar-refractivity contribution is -0.116. The van der Waals surface area contributed by atoms with Gasteiger partial charge in [-0.25, -0.2) is 4.98 Å². The van der Waals surface area contributed by atoms with Crippen molar-refractivity contribution in [2.24, 2.45) is 0 Å². The Morgan fingerprint density at radius 1 is 1.20 bits per heavy atom. The normalized spacial score (nSPS) is 10.8. The first-order valence-corrected chi connectivity index (χ1v) is 9.23. The molecule has 0 saturated carbocycles. The van der Waals surface area contributed by atoms with Crippen molar-refractivity contribution in [3.8, 4) is 0 Å². The van der Waals surface area contributed by atoms with Gasteiger partial charge in [0.25, 0.3) is 5.56 Å². The van der Waals surface area contributed by atoms with Crippen LogP contribution in [-0.4, -0.2) is 15.5 Å². The third-order valence-electron chi connectivity index (χ3n) is 3.81. The van der Waals surface area contributed by atoms with Crippen LogP contribution >= 0.6 is 31.9 Å². The zero-order chi connectivity index (χ0) is 18.0. The van der Waals surface area contributed by atoms with Crippen molar-refractivity contribution in [2.75, 3.05) is 5.32 Å². The number of rotatable bonds is 4. The molecule has 3 aromatic rings. The molecule has 0 bridgehead atoms. The topological polar surface area (TPSA) is 64.0 Å². The molecular weight excluding hydrogens is 450 g/mol. The molecule has 7 heteroatoms. The Hall–Kier alpha value is -1.99. The predicted octanol–water partition coefficient (Wildman–Crippen LogP) is 4.26. The lowest BCUT2D eigenvalue weighted by atomic mass is 10.2. The minimum Gasteiger partial charge on any atom is -0.326 e. The van der Waals surface area contributed by atoms with E-state index in [1.165, 1.54) is 10.9 Å². The summed E-state index contributed by atoms with van der Waals surface area (Å²) in [5, 5.41) is 3.37. The second-order valence-electron chi connectivity index (χ2n) is 5.67. The summed E-state index contributed by atoms with van der Waals surface area (Å²) < 4.78 is 3.27. The van der Waals surface area contributed by atoms with Crippen molar-refractivity contribution in [3.05, 3.63) is 67.6 Å².